The summed E-state index contributed by atoms with van der Waals surface area (Å²) in [5.74, 6) is 0.837. The van der Waals surface area contributed by atoms with E-state index in [1.165, 1.54) is 29.5 Å². The standard InChI is InChI=1S/C48H53F2N9O11P2S/c1-29(2)24-53-47-57-44-41(45(60)58-47)55-28-59(44)46-43(70-72(73,66-22-8-20-51)67-25-30-23-36(39(49)42(30)69-71(61)62)56-38-19-21-52-27-54-38)40(50)37(68-46)26-65-48(31-9-6-5-7-10-31,32-11-15-34(63-3)16-12-32)33-13-17-35(64-4)18-14-33/h5-7,9-19,21,27-30,36-37,39-40,42-43,46H,8,22-26H2,1-4H3,(H3-,52,53,54,56,57,58,60,61,62)/p+1/t30-,36-,37-,39+,40-,42-,43-,46-,72-/m1/s1. The van der Waals surface area contributed by atoms with E-state index in [9.17, 15) is 19.5 Å². The number of methoxy groups -OCH3 is 2. The normalized spacial score (nSPS) is 23.0. The Labute approximate surface area is 424 Å². The zero-order valence-corrected chi connectivity index (χ0v) is 42.6. The summed E-state index contributed by atoms with van der Waals surface area (Å²) >= 11 is 5.98. The fourth-order valence-corrected chi connectivity index (χ4v) is 11.4. The van der Waals surface area contributed by atoms with Crippen molar-refractivity contribution < 1.29 is 55.3 Å². The van der Waals surface area contributed by atoms with E-state index in [1.54, 1.807) is 38.5 Å². The molecule has 2 fully saturated rings. The van der Waals surface area contributed by atoms with Gasteiger partial charge in [0.1, 0.15) is 41.5 Å². The average molecular weight is 1070 g/mol. The Morgan fingerprint density at radius 2 is 1.66 bits per heavy atom. The lowest BCUT2D eigenvalue weighted by molar-refractivity contribution is -0.0890. The number of ether oxygens (including phenoxy) is 4. The highest BCUT2D eigenvalue weighted by molar-refractivity contribution is 8.07. The molecule has 4 heterocycles. The number of alkyl halides is 2. The number of fused-ring (bicyclic) bond motifs is 1. The second-order valence-electron chi connectivity index (χ2n) is 17.5. The number of nitrogens with one attached hydrogen (secondary N) is 3. The van der Waals surface area contributed by atoms with Crippen molar-refractivity contribution >= 4 is 49.7 Å². The highest BCUT2D eigenvalue weighted by Crippen LogP contribution is 2.56. The Morgan fingerprint density at radius 1 is 0.973 bits per heavy atom. The molecule has 25 heteroatoms. The molecule has 6 aromatic rings. The summed E-state index contributed by atoms with van der Waals surface area (Å²) < 4.78 is 96.1. The maximum Gasteiger partial charge on any atom is 0.695 e. The van der Waals surface area contributed by atoms with E-state index >= 15 is 8.78 Å². The fourth-order valence-electron chi connectivity index (χ4n) is 8.78. The van der Waals surface area contributed by atoms with Crippen LogP contribution < -0.4 is 25.7 Å². The number of benzene rings is 3. The highest BCUT2D eigenvalue weighted by Gasteiger charge is 2.53. The number of hydrogen-bond donors (Lipinski definition) is 4. The third kappa shape index (κ3) is 12.2. The number of halogens is 2. The summed E-state index contributed by atoms with van der Waals surface area (Å²) in [6.45, 7) is -1.01. The van der Waals surface area contributed by atoms with Crippen molar-refractivity contribution in [1.29, 1.82) is 5.26 Å². The van der Waals surface area contributed by atoms with Gasteiger partial charge in [0.25, 0.3) is 5.56 Å². The van der Waals surface area contributed by atoms with Gasteiger partial charge in [-0.2, -0.15) is 10.2 Å². The molecule has 73 heavy (non-hydrogen) atoms. The molecule has 1 unspecified atom stereocenters. The molecule has 0 bridgehead atoms. The van der Waals surface area contributed by atoms with E-state index in [1.807, 2.05) is 74.5 Å². The molecule has 3 aromatic carbocycles. The summed E-state index contributed by atoms with van der Waals surface area (Å²) in [6.07, 6.45) is -6.20. The summed E-state index contributed by atoms with van der Waals surface area (Å²) in [7, 11) is -0.164. The SMILES string of the molecule is COc1ccc(C(OC[C@H]2O[C@@H](n3cnc4c(=O)[nH]c(NCC(C)C)nc43)[C@H](O[P@@](=S)(OCCC#N)OC[C@H]3C[C@@H](Nc4ccncn4)[C@H](F)[C@@H]3O[P+](=O)O)[C@@H]2F)(c2ccccc2)c2ccc(OC)cc2)cc1. The van der Waals surface area contributed by atoms with E-state index in [4.69, 9.17) is 48.8 Å². The first-order valence-electron chi connectivity index (χ1n) is 23.2. The van der Waals surface area contributed by atoms with Gasteiger partial charge in [0.2, 0.25) is 5.95 Å². The predicted octanol–water partition coefficient (Wildman–Crippen LogP) is 7.67. The Hall–Kier alpha value is -5.89. The lowest BCUT2D eigenvalue weighted by Crippen LogP contribution is -2.38. The number of H-pyrrole nitrogens is 1. The van der Waals surface area contributed by atoms with Crippen LogP contribution >= 0.6 is 15.0 Å². The molecule has 0 radical (unpaired) electrons. The molecular weight excluding hydrogens is 1010 g/mol. The Balaban J connectivity index is 1.17. The highest BCUT2D eigenvalue weighted by atomic mass is 32.5. The van der Waals surface area contributed by atoms with E-state index in [0.29, 0.717) is 40.6 Å². The summed E-state index contributed by atoms with van der Waals surface area (Å²) in [5.41, 5.74) is -0.0585. The van der Waals surface area contributed by atoms with Gasteiger partial charge in [0, 0.05) is 23.2 Å². The maximum atomic E-state index is 18.0. The first-order valence-corrected chi connectivity index (χ1v) is 26.9. The number of anilines is 2. The first kappa shape index (κ1) is 53.4. The molecule has 1 aliphatic carbocycles. The number of aromatic amines is 1. The zero-order chi connectivity index (χ0) is 51.7. The third-order valence-corrected chi connectivity index (χ3v) is 15.1. The largest absolute Gasteiger partial charge is 0.695 e. The van der Waals surface area contributed by atoms with Gasteiger partial charge in [-0.25, -0.2) is 23.7 Å². The number of imidazole rings is 1. The molecule has 10 atom stereocenters. The molecule has 20 nitrogen and oxygen atoms in total. The Morgan fingerprint density at radius 3 is 2.27 bits per heavy atom. The molecule has 4 N–H and O–H groups in total. The van der Waals surface area contributed by atoms with E-state index in [2.05, 4.69) is 35.6 Å². The molecule has 0 spiro atoms. The Kier molecular flexibility index (Phi) is 17.5. The van der Waals surface area contributed by atoms with Crippen LogP contribution in [0.15, 0.2) is 109 Å². The van der Waals surface area contributed by atoms with Crippen molar-refractivity contribution in [2.24, 2.45) is 11.8 Å². The van der Waals surface area contributed by atoms with Crippen LogP contribution in [0.1, 0.15) is 49.6 Å². The molecule has 1 saturated carbocycles. The molecule has 1 aliphatic heterocycles. The van der Waals surface area contributed by atoms with Gasteiger partial charge in [-0.1, -0.05) is 68.4 Å². The number of aromatic nitrogens is 6. The van der Waals surface area contributed by atoms with E-state index < -0.39 is 88.2 Å². The van der Waals surface area contributed by atoms with Crippen LogP contribution in [-0.2, 0) is 49.5 Å². The number of rotatable bonds is 24. The Bertz CT molecular complexity index is 2900. The molecule has 1 saturated heterocycles. The number of nitriles is 1. The zero-order valence-electron chi connectivity index (χ0n) is 40.0. The molecule has 3 aromatic heterocycles. The van der Waals surface area contributed by atoms with Crippen LogP contribution in [0.4, 0.5) is 20.5 Å². The van der Waals surface area contributed by atoms with Crippen molar-refractivity contribution in [2.75, 3.05) is 51.2 Å². The van der Waals surface area contributed by atoms with Crippen LogP contribution in [0.25, 0.3) is 11.2 Å². The van der Waals surface area contributed by atoms with Crippen molar-refractivity contribution in [3.63, 3.8) is 0 Å². The number of hydrogen-bond acceptors (Lipinski definition) is 18. The van der Waals surface area contributed by atoms with Crippen LogP contribution in [0, 0.1) is 23.2 Å². The second-order valence-corrected chi connectivity index (χ2v) is 21.1. The lowest BCUT2D eigenvalue weighted by Gasteiger charge is -2.37. The van der Waals surface area contributed by atoms with Crippen LogP contribution in [-0.4, -0.2) is 112 Å². The summed E-state index contributed by atoms with van der Waals surface area (Å²) in [5, 5.41) is 15.6. The monoisotopic (exact) mass is 1060 g/mol. The molecule has 8 rings (SSSR count). The van der Waals surface area contributed by atoms with Crippen molar-refractivity contribution in [3.8, 4) is 17.6 Å². The van der Waals surface area contributed by atoms with E-state index in [-0.39, 0.29) is 42.5 Å². The molecule has 386 valence electrons. The minimum absolute atomic E-state index is 0.00712. The minimum Gasteiger partial charge on any atom is -0.497 e. The van der Waals surface area contributed by atoms with Crippen LogP contribution in [0.3, 0.4) is 0 Å². The van der Waals surface area contributed by atoms with Gasteiger partial charge in [0.15, 0.2) is 35.8 Å². The summed E-state index contributed by atoms with van der Waals surface area (Å²) in [6, 6.07) is 26.5. The lowest BCUT2D eigenvalue weighted by atomic mass is 9.80. The van der Waals surface area contributed by atoms with Gasteiger partial charge in [-0.05, 0) is 71.2 Å². The number of nitrogens with zero attached hydrogens (tertiary/aromatic N) is 6. The summed E-state index contributed by atoms with van der Waals surface area (Å²) in [4.78, 5) is 42.9. The van der Waals surface area contributed by atoms with Gasteiger partial charge >= 0.3 is 15.0 Å². The third-order valence-electron chi connectivity index (χ3n) is 12.3. The minimum atomic E-state index is -4.22. The van der Waals surface area contributed by atoms with Crippen LogP contribution in [0.5, 0.6) is 11.5 Å². The maximum absolute atomic E-state index is 18.0. The van der Waals surface area contributed by atoms with Gasteiger partial charge < -0.3 is 38.6 Å². The quantitative estimate of drug-likeness (QED) is 0.0258. The van der Waals surface area contributed by atoms with E-state index in [0.717, 1.165) is 0 Å². The molecule has 2 aliphatic rings. The fraction of sp³-hybridized carbons (Fsp3) is 0.417. The van der Waals surface area contributed by atoms with Crippen LogP contribution in [0.2, 0.25) is 0 Å². The first-order chi connectivity index (χ1) is 35.2. The van der Waals surface area contributed by atoms with Crippen molar-refractivity contribution in [1.82, 2.24) is 29.5 Å². The van der Waals surface area contributed by atoms with Gasteiger partial charge in [0.05, 0.1) is 58.9 Å². The van der Waals surface area contributed by atoms with Gasteiger partial charge in [-0.15, -0.1) is 9.42 Å². The second kappa shape index (κ2) is 24.0. The molecule has 0 amide bonds. The van der Waals surface area contributed by atoms with Crippen molar-refractivity contribution in [3.05, 3.63) is 131 Å². The topological polar surface area (TPSA) is 248 Å². The van der Waals surface area contributed by atoms with Gasteiger partial charge in [-0.3, -0.25) is 18.9 Å². The average Bonchev–Trinajstić information content (AvgIpc) is 4.05. The predicted molar refractivity (Wildman–Crippen MR) is 267 cm³/mol. The smallest absolute Gasteiger partial charge is 0.497 e. The molecular formula is C48H54F2N9O11P2S+. The van der Waals surface area contributed by atoms with Crippen molar-refractivity contribution in [2.45, 2.75) is 75.2 Å².